The van der Waals surface area contributed by atoms with Gasteiger partial charge in [0, 0.05) is 12.0 Å². The molecule has 0 spiro atoms. The molecule has 5 heteroatoms. The molecular formula is C22H30N2O3. The number of esters is 1. The lowest BCUT2D eigenvalue weighted by atomic mass is 10.0. The summed E-state index contributed by atoms with van der Waals surface area (Å²) in [6, 6.07) is 8.54. The minimum absolute atomic E-state index is 0.193. The van der Waals surface area contributed by atoms with E-state index in [1.807, 2.05) is 20.8 Å². The molecule has 0 fully saturated rings. The molecule has 27 heavy (non-hydrogen) atoms. The van der Waals surface area contributed by atoms with Gasteiger partial charge < -0.3 is 9.26 Å². The molecule has 1 aromatic heterocycles. The van der Waals surface area contributed by atoms with Gasteiger partial charge in [0.05, 0.1) is 6.42 Å². The number of rotatable bonds is 9. The zero-order valence-corrected chi connectivity index (χ0v) is 16.9. The van der Waals surface area contributed by atoms with Crippen molar-refractivity contribution in [3.05, 3.63) is 59.3 Å². The fourth-order valence-corrected chi connectivity index (χ4v) is 2.62. The van der Waals surface area contributed by atoms with Crippen molar-refractivity contribution in [1.29, 1.82) is 0 Å². The van der Waals surface area contributed by atoms with E-state index in [4.69, 9.17) is 9.26 Å². The number of hydrogen-bond acceptors (Lipinski definition) is 5. The molecule has 1 aromatic carbocycles. The van der Waals surface area contributed by atoms with E-state index in [0.717, 1.165) is 12.0 Å². The Labute approximate surface area is 161 Å². The maximum atomic E-state index is 12.0. The maximum Gasteiger partial charge on any atom is 0.334 e. The molecule has 0 radical (unpaired) electrons. The molecule has 0 aliphatic heterocycles. The third-order valence-electron chi connectivity index (χ3n) is 4.02. The van der Waals surface area contributed by atoms with Crippen molar-refractivity contribution in [2.75, 3.05) is 0 Å². The fraction of sp³-hybridized carbons (Fsp3) is 0.500. The van der Waals surface area contributed by atoms with Crippen LogP contribution >= 0.6 is 0 Å². The van der Waals surface area contributed by atoms with Crippen molar-refractivity contribution in [3.63, 3.8) is 0 Å². The lowest BCUT2D eigenvalue weighted by Gasteiger charge is -2.19. The van der Waals surface area contributed by atoms with E-state index in [0.29, 0.717) is 23.7 Å². The quantitative estimate of drug-likeness (QED) is 0.359. The van der Waals surface area contributed by atoms with E-state index >= 15 is 0 Å². The smallest absolute Gasteiger partial charge is 0.334 e. The third-order valence-corrected chi connectivity index (χ3v) is 4.02. The number of hydrogen-bond donors (Lipinski definition) is 0. The molecule has 0 bridgehead atoms. The number of aryl methyl sites for hydroxylation is 1. The van der Waals surface area contributed by atoms with Gasteiger partial charge in [-0.25, -0.2) is 4.79 Å². The van der Waals surface area contributed by atoms with Gasteiger partial charge in [-0.05, 0) is 44.7 Å². The molecule has 146 valence electrons. The third kappa shape index (κ3) is 7.37. The number of unbranched alkanes of at least 4 members (excludes halogenated alkanes) is 2. The first-order valence-corrected chi connectivity index (χ1v) is 9.57. The van der Waals surface area contributed by atoms with Crippen LogP contribution in [0.25, 0.3) is 0 Å². The molecular weight excluding hydrogens is 340 g/mol. The van der Waals surface area contributed by atoms with E-state index in [2.05, 4.69) is 47.9 Å². The normalized spacial score (nSPS) is 11.4. The first-order valence-electron chi connectivity index (χ1n) is 9.57. The fourth-order valence-electron chi connectivity index (χ4n) is 2.62. The monoisotopic (exact) mass is 370 g/mol. The van der Waals surface area contributed by atoms with Gasteiger partial charge in [-0.15, -0.1) is 0 Å². The molecule has 2 rings (SSSR count). The molecule has 0 aliphatic rings. The number of benzene rings is 1. The highest BCUT2D eigenvalue weighted by Gasteiger charge is 2.20. The molecule has 1 heterocycles. The Bertz CT molecular complexity index is 755. The Balaban J connectivity index is 1.88. The van der Waals surface area contributed by atoms with Crippen molar-refractivity contribution in [1.82, 2.24) is 10.1 Å². The Hall–Kier alpha value is -2.43. The summed E-state index contributed by atoms with van der Waals surface area (Å²) in [7, 11) is 0. The van der Waals surface area contributed by atoms with Gasteiger partial charge in [0.25, 0.3) is 0 Å². The van der Waals surface area contributed by atoms with E-state index in [1.54, 1.807) is 0 Å². The van der Waals surface area contributed by atoms with Crippen LogP contribution in [0.3, 0.4) is 0 Å². The van der Waals surface area contributed by atoms with Gasteiger partial charge in [0.15, 0.2) is 5.82 Å². The number of aromatic nitrogens is 2. The van der Waals surface area contributed by atoms with Gasteiger partial charge in [-0.1, -0.05) is 55.8 Å². The van der Waals surface area contributed by atoms with Crippen molar-refractivity contribution >= 4 is 5.97 Å². The molecule has 0 atom stereocenters. The van der Waals surface area contributed by atoms with Crippen LogP contribution in [0.4, 0.5) is 0 Å². The predicted octanol–water partition coefficient (Wildman–Crippen LogP) is 4.83. The summed E-state index contributed by atoms with van der Waals surface area (Å²) in [5, 5.41) is 4.00. The second kappa shape index (κ2) is 9.49. The molecule has 0 saturated carbocycles. The van der Waals surface area contributed by atoms with Crippen molar-refractivity contribution in [3.8, 4) is 0 Å². The largest absolute Gasteiger partial charge is 0.457 e. The standard InChI is InChI=1S/C22H30N2O3/c1-6-7-8-9-17-10-12-18(13-11-17)15-19-23-20(27-24-19)14-16(2)21(25)26-22(3,4)5/h10-13H,2,6-9,14-15H2,1,3-5H3. The van der Waals surface area contributed by atoms with Gasteiger partial charge in [0.2, 0.25) is 5.89 Å². The summed E-state index contributed by atoms with van der Waals surface area (Å²) >= 11 is 0. The first-order chi connectivity index (χ1) is 12.8. The minimum atomic E-state index is -0.553. The molecule has 5 nitrogen and oxygen atoms in total. The lowest BCUT2D eigenvalue weighted by molar-refractivity contribution is -0.150. The number of nitrogens with zero attached hydrogens (tertiary/aromatic N) is 2. The van der Waals surface area contributed by atoms with Gasteiger partial charge in [0.1, 0.15) is 5.60 Å². The molecule has 0 aliphatic carbocycles. The molecule has 0 unspecified atom stereocenters. The molecule has 0 saturated heterocycles. The minimum Gasteiger partial charge on any atom is -0.457 e. The average molecular weight is 370 g/mol. The summed E-state index contributed by atoms with van der Waals surface area (Å²) in [5.74, 6) is 0.527. The Morgan fingerprint density at radius 2 is 1.81 bits per heavy atom. The van der Waals surface area contributed by atoms with E-state index in [9.17, 15) is 4.79 Å². The first kappa shape index (κ1) is 20.9. The highest BCUT2D eigenvalue weighted by atomic mass is 16.6. The molecule has 0 amide bonds. The van der Waals surface area contributed by atoms with Gasteiger partial charge in [-0.3, -0.25) is 0 Å². The highest BCUT2D eigenvalue weighted by molar-refractivity contribution is 5.88. The Morgan fingerprint density at radius 3 is 2.44 bits per heavy atom. The average Bonchev–Trinajstić information content (AvgIpc) is 3.02. The van der Waals surface area contributed by atoms with Crippen LogP contribution < -0.4 is 0 Å². The summed E-state index contributed by atoms with van der Waals surface area (Å²) < 4.78 is 10.5. The van der Waals surface area contributed by atoms with Crippen LogP contribution in [0.15, 0.2) is 40.9 Å². The van der Waals surface area contributed by atoms with E-state index in [-0.39, 0.29) is 6.42 Å². The van der Waals surface area contributed by atoms with Crippen LogP contribution in [0.5, 0.6) is 0 Å². The van der Waals surface area contributed by atoms with Gasteiger partial charge in [-0.2, -0.15) is 4.98 Å². The Morgan fingerprint density at radius 1 is 1.15 bits per heavy atom. The summed E-state index contributed by atoms with van der Waals surface area (Å²) in [6.45, 7) is 11.4. The summed E-state index contributed by atoms with van der Waals surface area (Å²) in [5.41, 5.74) is 2.24. The second-order valence-corrected chi connectivity index (χ2v) is 7.84. The van der Waals surface area contributed by atoms with Crippen LogP contribution in [-0.4, -0.2) is 21.7 Å². The number of ether oxygens (including phenoxy) is 1. The maximum absolute atomic E-state index is 12.0. The number of carbonyl (C=O) groups excluding carboxylic acids is 1. The topological polar surface area (TPSA) is 65.2 Å². The predicted molar refractivity (Wildman–Crippen MR) is 105 cm³/mol. The van der Waals surface area contributed by atoms with Crippen LogP contribution in [0, 0.1) is 0 Å². The Kier molecular flexibility index (Phi) is 7.34. The van der Waals surface area contributed by atoms with Crippen LogP contribution in [0.1, 0.15) is 69.8 Å². The summed E-state index contributed by atoms with van der Waals surface area (Å²) in [4.78, 5) is 16.3. The van der Waals surface area contributed by atoms with Gasteiger partial charge >= 0.3 is 5.97 Å². The molecule has 2 aromatic rings. The highest BCUT2D eigenvalue weighted by Crippen LogP contribution is 2.15. The van der Waals surface area contributed by atoms with Crippen molar-refractivity contribution < 1.29 is 14.1 Å². The van der Waals surface area contributed by atoms with Crippen molar-refractivity contribution in [2.45, 2.75) is 71.8 Å². The van der Waals surface area contributed by atoms with E-state index < -0.39 is 11.6 Å². The van der Waals surface area contributed by atoms with Crippen molar-refractivity contribution in [2.24, 2.45) is 0 Å². The van der Waals surface area contributed by atoms with E-state index in [1.165, 1.54) is 24.8 Å². The van der Waals surface area contributed by atoms with Crippen LogP contribution in [0.2, 0.25) is 0 Å². The zero-order chi connectivity index (χ0) is 19.9. The van der Waals surface area contributed by atoms with Crippen LogP contribution in [-0.2, 0) is 28.8 Å². The second-order valence-electron chi connectivity index (χ2n) is 7.84. The zero-order valence-electron chi connectivity index (χ0n) is 16.9. The summed E-state index contributed by atoms with van der Waals surface area (Å²) in [6.07, 6.45) is 5.63. The SMILES string of the molecule is C=C(Cc1nc(Cc2ccc(CCCCC)cc2)no1)C(=O)OC(C)(C)C. The molecule has 0 N–H and O–H groups in total. The lowest BCUT2D eigenvalue weighted by Crippen LogP contribution is -2.25. The number of carbonyl (C=O) groups is 1.